The fraction of sp³-hybridized carbons (Fsp3) is 0.468. The molecule has 2 aromatic carbocycles. The van der Waals surface area contributed by atoms with Crippen LogP contribution in [0.5, 0.6) is 0 Å². The molecule has 5 aromatic rings. The van der Waals surface area contributed by atoms with Gasteiger partial charge < -0.3 is 15.3 Å². The Kier molecular flexibility index (Phi) is 14.1. The number of sulfone groups is 1. The van der Waals surface area contributed by atoms with E-state index in [2.05, 4.69) is 32.3 Å². The molecule has 74 heavy (non-hydrogen) atoms. The van der Waals surface area contributed by atoms with Crippen molar-refractivity contribution in [1.82, 2.24) is 34.8 Å². The van der Waals surface area contributed by atoms with E-state index in [9.17, 15) is 66.7 Å². The third-order valence-electron chi connectivity index (χ3n) is 12.7. The number of hydrogen-bond acceptors (Lipinski definition) is 10. The Morgan fingerprint density at radius 2 is 1.54 bits per heavy atom. The molecule has 2 N–H and O–H groups in total. The third-order valence-corrected chi connectivity index (χ3v) is 15.6. The topological polar surface area (TPSA) is 190 Å². The van der Waals surface area contributed by atoms with Crippen LogP contribution in [0.25, 0.3) is 22.0 Å². The Labute approximate surface area is 417 Å². The Balaban J connectivity index is 1.50. The van der Waals surface area contributed by atoms with Gasteiger partial charge in [0, 0.05) is 47.4 Å². The molecule has 1 fully saturated rings. The van der Waals surface area contributed by atoms with Crippen molar-refractivity contribution < 1.29 is 75.4 Å². The maximum Gasteiger partial charge on any atom is 0.435 e. The number of pyridine rings is 1. The maximum atomic E-state index is 15.9. The van der Waals surface area contributed by atoms with Crippen LogP contribution < -0.4 is 9.62 Å². The van der Waals surface area contributed by atoms with Gasteiger partial charge in [0.25, 0.3) is 5.92 Å². The van der Waals surface area contributed by atoms with Crippen LogP contribution in [0.2, 0.25) is 0 Å². The standard InChI is InChI=1S/C47H48F10N8O7S2/c1-24-9-11-30(38-35(24)41(61-64(38)23-45(50,51)52)65(74(8,71)72)42(67)62(6)22-43(2,3)68)29-12-10-28(15-16-44(4,5)73(7,69)70)58-37(29)33(19-25-17-26(48)20-27(49)18-25)59-34(66)21-63-40-36(39(60-63)47(55,56)57)31-13-14-32(31)46(40,53)54/h9-12,17-18,20,31-33,68H,13-14,19,21-23H2,1-8H3,(H,59,66)/t31-,32+,33-/m0/s1. The number of hydrogen-bond donors (Lipinski definition) is 2. The van der Waals surface area contributed by atoms with Crippen molar-refractivity contribution in [2.24, 2.45) is 5.92 Å². The van der Waals surface area contributed by atoms with Gasteiger partial charge in [-0.1, -0.05) is 18.1 Å². The van der Waals surface area contributed by atoms with Crippen molar-refractivity contribution >= 4 is 48.5 Å². The Morgan fingerprint density at radius 3 is 2.08 bits per heavy atom. The molecule has 0 saturated heterocycles. The average Bonchev–Trinajstić information content (AvgIpc) is 3.80. The van der Waals surface area contributed by atoms with Crippen LogP contribution in [0, 0.1) is 36.3 Å². The summed E-state index contributed by atoms with van der Waals surface area (Å²) in [5, 5.41) is 20.1. The van der Waals surface area contributed by atoms with Gasteiger partial charge in [0.1, 0.15) is 40.9 Å². The second-order valence-electron chi connectivity index (χ2n) is 19.7. The molecule has 15 nitrogen and oxygen atoms in total. The van der Waals surface area contributed by atoms with E-state index in [0.717, 1.165) is 30.3 Å². The summed E-state index contributed by atoms with van der Waals surface area (Å²) < 4.78 is 200. The number of halogens is 10. The average molecular weight is 1090 g/mol. The quantitative estimate of drug-likeness (QED) is 0.0866. The molecular formula is C47H48F10N8O7S2. The molecular weight excluding hydrogens is 1040 g/mol. The van der Waals surface area contributed by atoms with Crippen molar-refractivity contribution in [3.63, 3.8) is 0 Å². The van der Waals surface area contributed by atoms with Crippen LogP contribution in [0.15, 0.2) is 42.5 Å². The monoisotopic (exact) mass is 1090 g/mol. The van der Waals surface area contributed by atoms with E-state index >= 15 is 8.78 Å². The highest BCUT2D eigenvalue weighted by Crippen LogP contribution is 2.64. The Morgan fingerprint density at radius 1 is 0.919 bits per heavy atom. The van der Waals surface area contributed by atoms with Crippen LogP contribution in [0.4, 0.5) is 54.5 Å². The lowest BCUT2D eigenvalue weighted by Gasteiger charge is -2.34. The summed E-state index contributed by atoms with van der Waals surface area (Å²) in [6, 6.07) is 3.96. The first-order valence-electron chi connectivity index (χ1n) is 22.4. The molecule has 2 aliphatic carbocycles. The van der Waals surface area contributed by atoms with Gasteiger partial charge in [-0.2, -0.15) is 49.6 Å². The van der Waals surface area contributed by atoms with Gasteiger partial charge in [-0.15, -0.1) is 0 Å². The lowest BCUT2D eigenvalue weighted by atomic mass is 9.73. The number of aromatic nitrogens is 5. The summed E-state index contributed by atoms with van der Waals surface area (Å²) in [6.07, 6.45) is -9.66. The summed E-state index contributed by atoms with van der Waals surface area (Å²) in [7, 11) is -7.57. The molecule has 0 aliphatic heterocycles. The number of rotatable bonds is 13. The van der Waals surface area contributed by atoms with Gasteiger partial charge >= 0.3 is 18.4 Å². The number of fused-ring (bicyclic) bond motifs is 4. The molecule has 3 aromatic heterocycles. The number of carbonyl (C=O) groups excluding carboxylic acids is 2. The van der Waals surface area contributed by atoms with Crippen molar-refractivity contribution in [3.8, 4) is 23.0 Å². The summed E-state index contributed by atoms with van der Waals surface area (Å²) in [5.74, 6) is -5.82. The summed E-state index contributed by atoms with van der Waals surface area (Å²) in [5.41, 5.74) is -7.04. The number of sulfonamides is 1. The van der Waals surface area contributed by atoms with Crippen LogP contribution in [0.1, 0.15) is 92.0 Å². The molecule has 2 aliphatic rings. The van der Waals surface area contributed by atoms with E-state index in [1.807, 2.05) is 0 Å². The number of amides is 3. The van der Waals surface area contributed by atoms with Gasteiger partial charge in [-0.05, 0) is 101 Å². The number of anilines is 1. The Bertz CT molecular complexity index is 3370. The van der Waals surface area contributed by atoms with E-state index in [4.69, 9.17) is 0 Å². The minimum absolute atomic E-state index is 0.00705. The first kappa shape index (κ1) is 55.5. The molecule has 27 heteroatoms. The smallest absolute Gasteiger partial charge is 0.389 e. The largest absolute Gasteiger partial charge is 0.435 e. The minimum atomic E-state index is -5.22. The van der Waals surface area contributed by atoms with Gasteiger partial charge in [0.15, 0.2) is 21.3 Å². The molecule has 0 unspecified atom stereocenters. The Hall–Kier alpha value is -6.27. The van der Waals surface area contributed by atoms with E-state index in [0.29, 0.717) is 17.0 Å². The zero-order valence-electron chi connectivity index (χ0n) is 40.6. The molecule has 7 rings (SSSR count). The lowest BCUT2D eigenvalue weighted by molar-refractivity contribution is -0.144. The van der Waals surface area contributed by atoms with Gasteiger partial charge in [0.05, 0.1) is 35.7 Å². The third kappa shape index (κ3) is 11.1. The van der Waals surface area contributed by atoms with Crippen LogP contribution in [-0.4, -0.2) is 106 Å². The number of alkyl halides is 8. The number of nitrogens with one attached hydrogen (secondary N) is 1. The molecule has 3 amide bonds. The highest BCUT2D eigenvalue weighted by atomic mass is 32.2. The number of likely N-dealkylation sites (N-methyl/N-ethyl adjacent to an activating group) is 1. The molecule has 3 heterocycles. The van der Waals surface area contributed by atoms with Crippen molar-refractivity contribution in [2.75, 3.05) is 30.4 Å². The first-order valence-corrected chi connectivity index (χ1v) is 26.1. The maximum absolute atomic E-state index is 15.9. The number of nitrogens with zero attached hydrogens (tertiary/aromatic N) is 7. The number of benzene rings is 2. The molecule has 0 spiro atoms. The zero-order chi connectivity index (χ0) is 55.2. The minimum Gasteiger partial charge on any atom is -0.389 e. The number of aliphatic hydroxyl groups is 1. The van der Waals surface area contributed by atoms with E-state index in [1.54, 1.807) is 0 Å². The first-order chi connectivity index (χ1) is 33.8. The van der Waals surface area contributed by atoms with Crippen LogP contribution in [-0.2, 0) is 56.3 Å². The van der Waals surface area contributed by atoms with E-state index in [1.165, 1.54) is 58.9 Å². The highest BCUT2D eigenvalue weighted by molar-refractivity contribution is 7.93. The van der Waals surface area contributed by atoms with Crippen molar-refractivity contribution in [2.45, 2.75) is 108 Å². The van der Waals surface area contributed by atoms with E-state index < -0.39 is 150 Å². The number of carbonyl (C=O) groups is 2. The van der Waals surface area contributed by atoms with Gasteiger partial charge in [-0.3, -0.25) is 14.2 Å². The number of urea groups is 1. The normalized spacial score (nSPS) is 17.2. The molecule has 0 bridgehead atoms. The predicted molar refractivity (Wildman–Crippen MR) is 249 cm³/mol. The number of aryl methyl sites for hydroxylation is 1. The van der Waals surface area contributed by atoms with E-state index in [-0.39, 0.29) is 55.2 Å². The van der Waals surface area contributed by atoms with Gasteiger partial charge in [0.2, 0.25) is 15.9 Å². The molecule has 400 valence electrons. The van der Waals surface area contributed by atoms with Crippen molar-refractivity contribution in [3.05, 3.63) is 93.6 Å². The second-order valence-corrected chi connectivity index (χ2v) is 24.1. The van der Waals surface area contributed by atoms with Gasteiger partial charge in [-0.25, -0.2) is 35.4 Å². The second kappa shape index (κ2) is 18.8. The predicted octanol–water partition coefficient (Wildman–Crippen LogP) is 7.93. The SMILES string of the molecule is Cc1ccc(-c2ccc(C#CC(C)(C)S(C)(=O)=O)nc2[C@H](Cc2cc(F)cc(F)c2)NC(=O)Cn2nc(C(F)(F)F)c3c2C(F)(F)[C@@H]2CC[C@H]32)c2c1c(N(C(=O)N(C)CC(C)(C)O)S(C)(=O)=O)nn2CC(F)(F)F. The lowest BCUT2D eigenvalue weighted by Crippen LogP contribution is -2.49. The molecule has 1 saturated carbocycles. The summed E-state index contributed by atoms with van der Waals surface area (Å²) in [4.78, 5) is 33.7. The summed E-state index contributed by atoms with van der Waals surface area (Å²) >= 11 is 0. The van der Waals surface area contributed by atoms with Crippen molar-refractivity contribution in [1.29, 1.82) is 0 Å². The fourth-order valence-corrected chi connectivity index (χ4v) is 10.3. The fourth-order valence-electron chi connectivity index (χ4n) is 9.15. The van der Waals surface area contributed by atoms with Crippen LogP contribution in [0.3, 0.4) is 0 Å². The highest BCUT2D eigenvalue weighted by Gasteiger charge is 2.63. The molecule has 0 radical (unpaired) electrons. The van der Waals surface area contributed by atoms with Crippen LogP contribution >= 0.6 is 0 Å². The zero-order valence-corrected chi connectivity index (χ0v) is 42.3. The summed E-state index contributed by atoms with van der Waals surface area (Å²) in [6.45, 7) is 2.76. The molecule has 3 atom stereocenters.